The normalized spacial score (nSPS) is 12.2. The summed E-state index contributed by atoms with van der Waals surface area (Å²) in [7, 11) is 0. The van der Waals surface area contributed by atoms with Crippen molar-refractivity contribution in [3.63, 3.8) is 0 Å². The van der Waals surface area contributed by atoms with Crippen LogP contribution in [0.3, 0.4) is 0 Å². The number of pyridine rings is 1. The summed E-state index contributed by atoms with van der Waals surface area (Å²) in [5.74, 6) is 0.186. The number of nitrogens with zero attached hydrogens (tertiary/aromatic N) is 3. The molecule has 1 atom stereocenters. The number of nitrogens with one attached hydrogen (secondary N) is 1. The van der Waals surface area contributed by atoms with Gasteiger partial charge in [0.1, 0.15) is 0 Å². The van der Waals surface area contributed by atoms with Crippen LogP contribution in [-0.2, 0) is 4.79 Å². The molecule has 112 valence electrons. The van der Waals surface area contributed by atoms with Crippen molar-refractivity contribution in [2.75, 3.05) is 11.1 Å². The van der Waals surface area contributed by atoms with E-state index in [-0.39, 0.29) is 17.0 Å². The number of carbonyl (C=O) groups is 1. The van der Waals surface area contributed by atoms with Crippen LogP contribution in [0.1, 0.15) is 13.3 Å². The molecule has 1 N–H and O–H groups in total. The first-order chi connectivity index (χ1) is 10.0. The summed E-state index contributed by atoms with van der Waals surface area (Å²) < 4.78 is 1.51. The van der Waals surface area contributed by atoms with Gasteiger partial charge in [-0.1, -0.05) is 30.1 Å². The molecule has 2 heterocycles. The summed E-state index contributed by atoms with van der Waals surface area (Å²) in [5, 5.41) is 7.59. The molecule has 1 amide bonds. The minimum atomic E-state index is -0.166. The summed E-state index contributed by atoms with van der Waals surface area (Å²) in [6.07, 6.45) is 5.46. The van der Waals surface area contributed by atoms with Gasteiger partial charge in [-0.15, -0.1) is 0 Å². The quantitative estimate of drug-likeness (QED) is 0.816. The Kier molecular flexibility index (Phi) is 5.50. The Hall–Kier alpha value is -1.24. The Labute approximate surface area is 138 Å². The molecule has 0 saturated heterocycles. The van der Waals surface area contributed by atoms with Crippen LogP contribution in [0.2, 0.25) is 10.2 Å². The third kappa shape index (κ3) is 3.90. The average molecular weight is 345 g/mol. The van der Waals surface area contributed by atoms with E-state index in [2.05, 4.69) is 28.0 Å². The molecule has 0 bridgehead atoms. The van der Waals surface area contributed by atoms with Gasteiger partial charge >= 0.3 is 0 Å². The molecule has 0 aromatic carbocycles. The number of aromatic nitrogens is 3. The number of carbonyl (C=O) groups excluding carboxylic acids is 1. The molecule has 2 rings (SSSR count). The Morgan fingerprint density at radius 1 is 1.48 bits per heavy atom. The highest BCUT2D eigenvalue weighted by atomic mass is 35.5. The first-order valence-electron chi connectivity index (χ1n) is 6.33. The van der Waals surface area contributed by atoms with Crippen molar-refractivity contribution in [1.29, 1.82) is 0 Å². The van der Waals surface area contributed by atoms with Crippen molar-refractivity contribution in [1.82, 2.24) is 14.8 Å². The number of halogens is 2. The number of rotatable bonds is 5. The van der Waals surface area contributed by atoms with E-state index in [1.165, 1.54) is 10.9 Å². The van der Waals surface area contributed by atoms with Crippen LogP contribution in [-0.4, -0.2) is 26.4 Å². The Morgan fingerprint density at radius 3 is 2.86 bits per heavy atom. The monoisotopic (exact) mass is 344 g/mol. The summed E-state index contributed by atoms with van der Waals surface area (Å²) in [4.78, 5) is 16.0. The fraction of sp³-hybridized carbons (Fsp3) is 0.308. The average Bonchev–Trinajstić information content (AvgIpc) is 2.81. The molecule has 8 heteroatoms. The maximum absolute atomic E-state index is 12.0. The summed E-state index contributed by atoms with van der Waals surface area (Å²) >= 11 is 16.1. The molecule has 5 nitrogen and oxygen atoms in total. The van der Waals surface area contributed by atoms with Crippen LogP contribution in [0, 0.1) is 5.92 Å². The molecule has 1 unspecified atom stereocenters. The van der Waals surface area contributed by atoms with E-state index in [4.69, 9.17) is 23.2 Å². The molecule has 0 spiro atoms. The van der Waals surface area contributed by atoms with Gasteiger partial charge in [0.25, 0.3) is 0 Å². The highest BCUT2D eigenvalue weighted by Gasteiger charge is 2.17. The molecule has 0 saturated carbocycles. The molecule has 2 aromatic heterocycles. The molecular weight excluding hydrogens is 331 g/mol. The van der Waals surface area contributed by atoms with Crippen molar-refractivity contribution in [2.45, 2.75) is 13.3 Å². The van der Waals surface area contributed by atoms with Gasteiger partial charge in [-0.05, 0) is 12.5 Å². The molecule has 0 aliphatic heterocycles. The molecular formula is C13H14Cl2N4OS. The van der Waals surface area contributed by atoms with Gasteiger partial charge in [-0.2, -0.15) is 17.7 Å². The second kappa shape index (κ2) is 7.15. The first kappa shape index (κ1) is 16.1. The largest absolute Gasteiger partial charge is 0.322 e. The molecule has 21 heavy (non-hydrogen) atoms. The Bertz CT molecular complexity index is 643. The highest BCUT2D eigenvalue weighted by molar-refractivity contribution is 7.80. The van der Waals surface area contributed by atoms with Crippen LogP contribution in [0.15, 0.2) is 24.7 Å². The zero-order valence-corrected chi connectivity index (χ0v) is 13.7. The maximum Gasteiger partial charge on any atom is 0.228 e. The van der Waals surface area contributed by atoms with E-state index in [1.807, 2.05) is 6.92 Å². The van der Waals surface area contributed by atoms with E-state index < -0.39 is 0 Å². The first-order valence-corrected chi connectivity index (χ1v) is 7.71. The minimum absolute atomic E-state index is 0.127. The van der Waals surface area contributed by atoms with E-state index in [9.17, 15) is 4.79 Å². The van der Waals surface area contributed by atoms with Crippen molar-refractivity contribution >= 4 is 47.4 Å². The number of amides is 1. The lowest BCUT2D eigenvalue weighted by Gasteiger charge is -2.10. The van der Waals surface area contributed by atoms with Crippen molar-refractivity contribution in [3.05, 3.63) is 34.8 Å². The second-order valence-electron chi connectivity index (χ2n) is 4.42. The Balaban J connectivity index is 2.22. The standard InChI is InChI=1S/C13H14Cl2N4OS/c1-2-8(7-21)13(20)17-11-6-19(18-12(11)15)10-3-9(14)4-16-5-10/h3-6,8,21H,2,7H2,1H3,(H,17,20). The number of thiol groups is 1. The third-order valence-corrected chi connectivity index (χ3v) is 3.89. The van der Waals surface area contributed by atoms with E-state index >= 15 is 0 Å². The van der Waals surface area contributed by atoms with Crippen molar-refractivity contribution in [2.24, 2.45) is 5.92 Å². The van der Waals surface area contributed by atoms with Gasteiger partial charge in [0.15, 0.2) is 5.15 Å². The van der Waals surface area contributed by atoms with Crippen molar-refractivity contribution in [3.8, 4) is 5.69 Å². The number of anilines is 1. The van der Waals surface area contributed by atoms with Crippen LogP contribution in [0.4, 0.5) is 5.69 Å². The summed E-state index contributed by atoms with van der Waals surface area (Å²) in [5.41, 5.74) is 1.10. The topological polar surface area (TPSA) is 59.8 Å². The predicted octanol–water partition coefficient (Wildman–Crippen LogP) is 3.47. The lowest BCUT2D eigenvalue weighted by Crippen LogP contribution is -2.23. The SMILES string of the molecule is CCC(CS)C(=O)Nc1cn(-c2cncc(Cl)c2)nc1Cl. The van der Waals surface area contributed by atoms with Crippen molar-refractivity contribution < 1.29 is 4.79 Å². The second-order valence-corrected chi connectivity index (χ2v) is 5.58. The van der Waals surface area contributed by atoms with Crippen LogP contribution in [0.5, 0.6) is 0 Å². The number of hydrogen-bond donors (Lipinski definition) is 2. The molecule has 0 aliphatic carbocycles. The van der Waals surface area contributed by atoms with Gasteiger partial charge in [-0.3, -0.25) is 9.78 Å². The fourth-order valence-electron chi connectivity index (χ4n) is 1.73. The summed E-state index contributed by atoms with van der Waals surface area (Å²) in [6, 6.07) is 1.70. The third-order valence-electron chi connectivity index (χ3n) is 2.97. The molecule has 2 aromatic rings. The van der Waals surface area contributed by atoms with Crippen LogP contribution in [0.25, 0.3) is 5.69 Å². The Morgan fingerprint density at radius 2 is 2.24 bits per heavy atom. The van der Waals surface area contributed by atoms with Crippen LogP contribution < -0.4 is 5.32 Å². The minimum Gasteiger partial charge on any atom is -0.322 e. The smallest absolute Gasteiger partial charge is 0.228 e. The zero-order chi connectivity index (χ0) is 15.4. The summed E-state index contributed by atoms with van der Waals surface area (Å²) in [6.45, 7) is 1.93. The lowest BCUT2D eigenvalue weighted by molar-refractivity contribution is -0.119. The highest BCUT2D eigenvalue weighted by Crippen LogP contribution is 2.23. The molecule has 0 radical (unpaired) electrons. The molecule has 0 fully saturated rings. The van der Waals surface area contributed by atoms with E-state index in [0.29, 0.717) is 28.6 Å². The van der Waals surface area contributed by atoms with E-state index in [1.54, 1.807) is 18.5 Å². The van der Waals surface area contributed by atoms with Gasteiger partial charge < -0.3 is 5.32 Å². The van der Waals surface area contributed by atoms with Crippen LogP contribution >= 0.6 is 35.8 Å². The van der Waals surface area contributed by atoms with E-state index in [0.717, 1.165) is 0 Å². The van der Waals surface area contributed by atoms with Gasteiger partial charge in [0.05, 0.1) is 28.8 Å². The predicted molar refractivity (Wildman–Crippen MR) is 87.6 cm³/mol. The number of hydrogen-bond acceptors (Lipinski definition) is 4. The fourth-order valence-corrected chi connectivity index (χ4v) is 2.50. The zero-order valence-electron chi connectivity index (χ0n) is 11.3. The van der Waals surface area contributed by atoms with Gasteiger partial charge in [0, 0.05) is 17.9 Å². The van der Waals surface area contributed by atoms with Gasteiger partial charge in [-0.25, -0.2) is 4.68 Å². The lowest BCUT2D eigenvalue weighted by atomic mass is 10.1. The van der Waals surface area contributed by atoms with Gasteiger partial charge in [0.2, 0.25) is 5.91 Å². The molecule has 0 aliphatic rings. The maximum atomic E-state index is 12.0.